The summed E-state index contributed by atoms with van der Waals surface area (Å²) in [6.45, 7) is 10.9. The fourth-order valence-corrected chi connectivity index (χ4v) is 3.53. The van der Waals surface area contributed by atoms with Gasteiger partial charge in [0, 0.05) is 25.9 Å². The van der Waals surface area contributed by atoms with Crippen LogP contribution in [0.3, 0.4) is 0 Å². The van der Waals surface area contributed by atoms with E-state index in [0.717, 1.165) is 29.8 Å². The summed E-state index contributed by atoms with van der Waals surface area (Å²) < 4.78 is 11.8. The molecule has 0 saturated carbocycles. The minimum atomic E-state index is -0.851. The monoisotopic (exact) mass is 371 g/mol. The van der Waals surface area contributed by atoms with Crippen LogP contribution in [0.1, 0.15) is 50.3 Å². The van der Waals surface area contributed by atoms with Crippen molar-refractivity contribution >= 4 is 17.5 Å². The zero-order chi connectivity index (χ0) is 20.0. The zero-order valence-corrected chi connectivity index (χ0v) is 17.1. The van der Waals surface area contributed by atoms with Crippen LogP contribution in [0.4, 0.5) is 0 Å². The maximum Gasteiger partial charge on any atom is 0.343 e. The molecule has 0 atom stereocenters. The summed E-state index contributed by atoms with van der Waals surface area (Å²) in [4.78, 5) is 27.9. The second kappa shape index (κ2) is 6.79. The zero-order valence-electron chi connectivity index (χ0n) is 17.1. The average molecular weight is 371 g/mol. The van der Waals surface area contributed by atoms with E-state index in [1.165, 1.54) is 0 Å². The van der Waals surface area contributed by atoms with Crippen LogP contribution >= 0.6 is 0 Å². The predicted octanol–water partition coefficient (Wildman–Crippen LogP) is 3.63. The minimum Gasteiger partial charge on any atom is -0.447 e. The van der Waals surface area contributed by atoms with Crippen molar-refractivity contribution in [3.63, 3.8) is 0 Å². The molecular weight excluding hydrogens is 342 g/mol. The maximum absolute atomic E-state index is 12.9. The van der Waals surface area contributed by atoms with E-state index in [4.69, 9.17) is 9.47 Å². The Balaban J connectivity index is 2.15. The molecule has 2 aliphatic rings. The van der Waals surface area contributed by atoms with Gasteiger partial charge in [0.15, 0.2) is 11.4 Å². The normalized spacial score (nSPS) is 20.1. The molecule has 5 nitrogen and oxygen atoms in total. The number of likely N-dealkylation sites (tertiary alicyclic amines) is 1. The summed E-state index contributed by atoms with van der Waals surface area (Å²) in [5.74, 6) is -0.351. The number of carbonyl (C=O) groups excluding carboxylic acids is 2. The first kappa shape index (κ1) is 19.6. The van der Waals surface area contributed by atoms with Crippen LogP contribution in [-0.2, 0) is 19.1 Å². The number of esters is 2. The van der Waals surface area contributed by atoms with Crippen molar-refractivity contribution in [2.24, 2.45) is 5.41 Å². The van der Waals surface area contributed by atoms with Gasteiger partial charge in [0.1, 0.15) is 5.57 Å². The van der Waals surface area contributed by atoms with Crippen molar-refractivity contribution < 1.29 is 19.1 Å². The van der Waals surface area contributed by atoms with E-state index in [-0.39, 0.29) is 5.97 Å². The number of hydrogen-bond donors (Lipinski definition) is 0. The molecule has 0 N–H and O–H groups in total. The summed E-state index contributed by atoms with van der Waals surface area (Å²) in [5, 5.41) is 0. The SMILES string of the molecule is Cc1ccc(C)c(C2=C(OC(=O)C(C)(C)C)C3(CCN(C)CC3)OC2=O)c1. The largest absolute Gasteiger partial charge is 0.447 e. The summed E-state index contributed by atoms with van der Waals surface area (Å²) in [6, 6.07) is 5.95. The molecule has 1 fully saturated rings. The molecule has 2 heterocycles. The van der Waals surface area contributed by atoms with E-state index in [2.05, 4.69) is 4.90 Å². The predicted molar refractivity (Wildman–Crippen MR) is 104 cm³/mol. The van der Waals surface area contributed by atoms with Gasteiger partial charge in [0.05, 0.1) is 5.41 Å². The first-order chi connectivity index (χ1) is 12.5. The summed E-state index contributed by atoms with van der Waals surface area (Å²) in [6.07, 6.45) is 1.24. The van der Waals surface area contributed by atoms with Crippen molar-refractivity contribution in [1.82, 2.24) is 4.90 Å². The van der Waals surface area contributed by atoms with Crippen molar-refractivity contribution in [2.75, 3.05) is 20.1 Å². The minimum absolute atomic E-state index is 0.350. The third kappa shape index (κ3) is 3.65. The molecule has 0 radical (unpaired) electrons. The third-order valence-corrected chi connectivity index (χ3v) is 5.40. The van der Waals surface area contributed by atoms with Crippen molar-refractivity contribution in [1.29, 1.82) is 0 Å². The lowest BCUT2D eigenvalue weighted by molar-refractivity contribution is -0.160. The number of aryl methyl sites for hydroxylation is 2. The van der Waals surface area contributed by atoms with E-state index in [0.29, 0.717) is 24.2 Å². The first-order valence-electron chi connectivity index (χ1n) is 9.50. The van der Waals surface area contributed by atoms with Gasteiger partial charge in [0.2, 0.25) is 0 Å². The van der Waals surface area contributed by atoms with E-state index in [9.17, 15) is 9.59 Å². The topological polar surface area (TPSA) is 55.8 Å². The molecule has 1 aromatic carbocycles. The van der Waals surface area contributed by atoms with E-state index >= 15 is 0 Å². The first-order valence-corrected chi connectivity index (χ1v) is 9.50. The fraction of sp³-hybridized carbons (Fsp3) is 0.545. The number of carbonyl (C=O) groups is 2. The van der Waals surface area contributed by atoms with Crippen LogP contribution in [-0.4, -0.2) is 42.6 Å². The smallest absolute Gasteiger partial charge is 0.343 e. The van der Waals surface area contributed by atoms with Crippen molar-refractivity contribution in [2.45, 2.75) is 53.1 Å². The highest BCUT2D eigenvalue weighted by atomic mass is 16.6. The summed E-state index contributed by atoms with van der Waals surface area (Å²) >= 11 is 0. The molecule has 2 aliphatic heterocycles. The fourth-order valence-electron chi connectivity index (χ4n) is 3.53. The second-order valence-electron chi connectivity index (χ2n) is 8.85. The molecule has 0 aliphatic carbocycles. The maximum atomic E-state index is 12.9. The molecule has 1 aromatic rings. The highest BCUT2D eigenvalue weighted by molar-refractivity contribution is 6.20. The third-order valence-electron chi connectivity index (χ3n) is 5.40. The Hall–Kier alpha value is -2.14. The van der Waals surface area contributed by atoms with Gasteiger partial charge in [-0.05, 0) is 52.8 Å². The van der Waals surface area contributed by atoms with Crippen LogP contribution in [0.15, 0.2) is 24.0 Å². The number of benzene rings is 1. The van der Waals surface area contributed by atoms with Crippen LogP contribution in [0.25, 0.3) is 5.57 Å². The number of rotatable bonds is 2. The molecule has 0 aromatic heterocycles. The van der Waals surface area contributed by atoms with Gasteiger partial charge in [0.25, 0.3) is 0 Å². The van der Waals surface area contributed by atoms with Gasteiger partial charge >= 0.3 is 11.9 Å². The molecule has 0 bridgehead atoms. The van der Waals surface area contributed by atoms with Crippen molar-refractivity contribution in [3.8, 4) is 0 Å². The molecule has 1 saturated heterocycles. The van der Waals surface area contributed by atoms with Gasteiger partial charge in [-0.2, -0.15) is 0 Å². The Kier molecular flexibility index (Phi) is 4.93. The lowest BCUT2D eigenvalue weighted by atomic mass is 9.86. The average Bonchev–Trinajstić information content (AvgIpc) is 2.83. The lowest BCUT2D eigenvalue weighted by Crippen LogP contribution is -2.45. The van der Waals surface area contributed by atoms with Gasteiger partial charge in [-0.1, -0.05) is 23.8 Å². The van der Waals surface area contributed by atoms with Crippen LogP contribution in [0, 0.1) is 19.3 Å². The molecule has 0 amide bonds. The molecule has 27 heavy (non-hydrogen) atoms. The summed E-state index contributed by atoms with van der Waals surface area (Å²) in [5.41, 5.74) is 1.67. The van der Waals surface area contributed by atoms with E-state index in [1.807, 2.05) is 59.9 Å². The van der Waals surface area contributed by atoms with Gasteiger partial charge in [-0.3, -0.25) is 4.79 Å². The Morgan fingerprint density at radius 3 is 2.41 bits per heavy atom. The van der Waals surface area contributed by atoms with Gasteiger partial charge in [-0.25, -0.2) is 4.79 Å². The quantitative estimate of drug-likeness (QED) is 0.743. The second-order valence-corrected chi connectivity index (χ2v) is 8.85. The van der Waals surface area contributed by atoms with Crippen molar-refractivity contribution in [3.05, 3.63) is 40.6 Å². The Morgan fingerprint density at radius 2 is 1.81 bits per heavy atom. The number of nitrogens with zero attached hydrogens (tertiary/aromatic N) is 1. The molecule has 3 rings (SSSR count). The summed E-state index contributed by atoms with van der Waals surface area (Å²) in [7, 11) is 2.04. The van der Waals surface area contributed by atoms with Gasteiger partial charge < -0.3 is 14.4 Å². The highest BCUT2D eigenvalue weighted by Gasteiger charge is 2.52. The van der Waals surface area contributed by atoms with Crippen LogP contribution in [0.2, 0.25) is 0 Å². The number of hydrogen-bond acceptors (Lipinski definition) is 5. The Labute approximate surface area is 161 Å². The Morgan fingerprint density at radius 1 is 1.19 bits per heavy atom. The molecule has 0 unspecified atom stereocenters. The van der Waals surface area contributed by atoms with Gasteiger partial charge in [-0.15, -0.1) is 0 Å². The molecule has 146 valence electrons. The van der Waals surface area contributed by atoms with Crippen LogP contribution in [0.5, 0.6) is 0 Å². The highest BCUT2D eigenvalue weighted by Crippen LogP contribution is 2.46. The molecule has 5 heteroatoms. The lowest BCUT2D eigenvalue weighted by Gasteiger charge is -2.37. The standard InChI is InChI=1S/C22H29NO4/c1-14-7-8-15(2)16(13-14)17-18(26-20(25)21(3,4)5)22(27-19(17)24)9-11-23(6)12-10-22/h7-8,13H,9-12H2,1-6H3. The van der Waals surface area contributed by atoms with E-state index < -0.39 is 17.0 Å². The van der Waals surface area contributed by atoms with Crippen LogP contribution < -0.4 is 0 Å². The molecular formula is C22H29NO4. The van der Waals surface area contributed by atoms with E-state index in [1.54, 1.807) is 0 Å². The number of ether oxygens (including phenoxy) is 2. The number of piperidine rings is 1. The Bertz CT molecular complexity index is 808. The molecule has 1 spiro atoms.